The molecule has 0 bridgehead atoms. The number of anilines is 1. The summed E-state index contributed by atoms with van der Waals surface area (Å²) in [4.78, 5) is 0. The maximum atomic E-state index is 5.95. The first-order valence-electron chi connectivity index (χ1n) is 7.56. The van der Waals surface area contributed by atoms with Crippen molar-refractivity contribution in [2.75, 3.05) is 18.5 Å². The zero-order valence-electron chi connectivity index (χ0n) is 12.5. The van der Waals surface area contributed by atoms with Crippen LogP contribution >= 0.6 is 0 Å². The number of nitrogens with one attached hydrogen (secondary N) is 1. The highest BCUT2D eigenvalue weighted by Gasteiger charge is 2.16. The van der Waals surface area contributed by atoms with Gasteiger partial charge >= 0.3 is 0 Å². The second-order valence-corrected chi connectivity index (χ2v) is 5.59. The molecule has 19 heavy (non-hydrogen) atoms. The molecular formula is C15H27N3O. The van der Waals surface area contributed by atoms with Crippen LogP contribution in [0.25, 0.3) is 0 Å². The van der Waals surface area contributed by atoms with Crippen LogP contribution < -0.4 is 5.32 Å². The van der Waals surface area contributed by atoms with E-state index >= 15 is 0 Å². The number of hydrogen-bond acceptors (Lipinski definition) is 3. The van der Waals surface area contributed by atoms with Gasteiger partial charge in [-0.1, -0.05) is 19.3 Å². The first-order chi connectivity index (χ1) is 9.22. The number of hydrogen-bond donors (Lipinski definition) is 1. The van der Waals surface area contributed by atoms with Crippen molar-refractivity contribution in [2.45, 2.75) is 52.6 Å². The molecule has 108 valence electrons. The first kappa shape index (κ1) is 14.4. The average Bonchev–Trinajstić information content (AvgIpc) is 2.67. The van der Waals surface area contributed by atoms with Gasteiger partial charge in [-0.3, -0.25) is 4.68 Å². The molecule has 1 fully saturated rings. The zero-order chi connectivity index (χ0) is 13.7. The Morgan fingerprint density at radius 1 is 1.32 bits per heavy atom. The molecule has 0 atom stereocenters. The molecule has 2 rings (SSSR count). The lowest BCUT2D eigenvalue weighted by Crippen LogP contribution is -2.14. The van der Waals surface area contributed by atoms with Crippen LogP contribution in [0.3, 0.4) is 0 Å². The van der Waals surface area contributed by atoms with Crippen molar-refractivity contribution in [3.63, 3.8) is 0 Å². The molecule has 1 aliphatic rings. The van der Waals surface area contributed by atoms with Crippen LogP contribution in [-0.4, -0.2) is 22.9 Å². The Balaban J connectivity index is 1.87. The van der Waals surface area contributed by atoms with Crippen LogP contribution in [-0.2, 0) is 18.4 Å². The minimum Gasteiger partial charge on any atom is -0.376 e. The summed E-state index contributed by atoms with van der Waals surface area (Å²) >= 11 is 0. The fraction of sp³-hybridized carbons (Fsp3) is 0.800. The van der Waals surface area contributed by atoms with Crippen molar-refractivity contribution in [3.05, 3.63) is 11.3 Å². The Kier molecular flexibility index (Phi) is 5.25. The highest BCUT2D eigenvalue weighted by Crippen LogP contribution is 2.25. The minimum atomic E-state index is 0.679. The fourth-order valence-electron chi connectivity index (χ4n) is 2.94. The van der Waals surface area contributed by atoms with Crippen LogP contribution in [0.5, 0.6) is 0 Å². The molecule has 1 N–H and O–H groups in total. The van der Waals surface area contributed by atoms with Gasteiger partial charge in [-0.25, -0.2) is 0 Å². The molecule has 4 nitrogen and oxygen atoms in total. The maximum absolute atomic E-state index is 5.95. The van der Waals surface area contributed by atoms with Crippen molar-refractivity contribution in [3.8, 4) is 0 Å². The van der Waals surface area contributed by atoms with E-state index in [1.165, 1.54) is 37.7 Å². The van der Waals surface area contributed by atoms with E-state index in [1.54, 1.807) is 0 Å². The Bertz CT molecular complexity index is 394. The summed E-state index contributed by atoms with van der Waals surface area (Å²) < 4.78 is 7.86. The van der Waals surface area contributed by atoms with Gasteiger partial charge in [-0.2, -0.15) is 5.10 Å². The van der Waals surface area contributed by atoms with Gasteiger partial charge in [0.05, 0.1) is 12.3 Å². The summed E-state index contributed by atoms with van der Waals surface area (Å²) in [6.45, 7) is 6.65. The lowest BCUT2D eigenvalue weighted by molar-refractivity contribution is 0.0739. The monoisotopic (exact) mass is 265 g/mol. The normalized spacial score (nSPS) is 16.8. The molecule has 0 aromatic carbocycles. The van der Waals surface area contributed by atoms with Gasteiger partial charge in [-0.15, -0.1) is 0 Å². The van der Waals surface area contributed by atoms with Crippen LogP contribution in [0.2, 0.25) is 0 Å². The topological polar surface area (TPSA) is 39.1 Å². The molecule has 1 aromatic heterocycles. The molecule has 0 spiro atoms. The van der Waals surface area contributed by atoms with E-state index < -0.39 is 0 Å². The summed E-state index contributed by atoms with van der Waals surface area (Å²) in [5, 5.41) is 7.84. The number of ether oxygens (including phenoxy) is 1. The zero-order valence-corrected chi connectivity index (χ0v) is 12.5. The number of aromatic nitrogens is 2. The summed E-state index contributed by atoms with van der Waals surface area (Å²) in [7, 11) is 1.98. The van der Waals surface area contributed by atoms with Gasteiger partial charge in [0.25, 0.3) is 0 Å². The van der Waals surface area contributed by atoms with E-state index in [-0.39, 0.29) is 0 Å². The lowest BCUT2D eigenvalue weighted by Gasteiger charge is -2.21. The lowest BCUT2D eigenvalue weighted by atomic mass is 9.90. The van der Waals surface area contributed by atoms with Gasteiger partial charge in [-0.05, 0) is 32.6 Å². The predicted octanol–water partition coefficient (Wildman–Crippen LogP) is 3.26. The third-order valence-corrected chi connectivity index (χ3v) is 4.02. The van der Waals surface area contributed by atoms with Crippen LogP contribution in [0, 0.1) is 12.8 Å². The van der Waals surface area contributed by atoms with E-state index in [9.17, 15) is 0 Å². The fourth-order valence-corrected chi connectivity index (χ4v) is 2.94. The van der Waals surface area contributed by atoms with Crippen molar-refractivity contribution in [1.82, 2.24) is 9.78 Å². The predicted molar refractivity (Wildman–Crippen MR) is 78.3 cm³/mol. The molecule has 0 amide bonds. The number of aryl methyl sites for hydroxylation is 2. The summed E-state index contributed by atoms with van der Waals surface area (Å²) in [6.07, 6.45) is 6.84. The summed E-state index contributed by atoms with van der Waals surface area (Å²) in [6, 6.07) is 0. The summed E-state index contributed by atoms with van der Waals surface area (Å²) in [5.41, 5.74) is 2.28. The minimum absolute atomic E-state index is 0.679. The highest BCUT2D eigenvalue weighted by atomic mass is 16.5. The molecular weight excluding hydrogens is 238 g/mol. The first-order valence-corrected chi connectivity index (χ1v) is 7.56. The molecule has 1 aliphatic carbocycles. The smallest absolute Gasteiger partial charge is 0.129 e. The number of nitrogens with zero attached hydrogens (tertiary/aromatic N) is 2. The van der Waals surface area contributed by atoms with E-state index in [2.05, 4.69) is 24.3 Å². The Hall–Kier alpha value is -1.03. The molecule has 1 saturated carbocycles. The molecule has 0 saturated heterocycles. The Morgan fingerprint density at radius 3 is 2.74 bits per heavy atom. The van der Waals surface area contributed by atoms with Gasteiger partial charge in [0.15, 0.2) is 0 Å². The summed E-state index contributed by atoms with van der Waals surface area (Å²) in [5.74, 6) is 1.87. The number of rotatable bonds is 6. The largest absolute Gasteiger partial charge is 0.376 e. The maximum Gasteiger partial charge on any atom is 0.129 e. The average molecular weight is 265 g/mol. The van der Waals surface area contributed by atoms with Gasteiger partial charge in [0, 0.05) is 25.8 Å². The second kappa shape index (κ2) is 6.94. The Morgan fingerprint density at radius 2 is 2.05 bits per heavy atom. The Labute approximate surface area is 116 Å². The van der Waals surface area contributed by atoms with Crippen molar-refractivity contribution in [2.24, 2.45) is 13.0 Å². The van der Waals surface area contributed by atoms with E-state index in [1.807, 2.05) is 11.7 Å². The van der Waals surface area contributed by atoms with Gasteiger partial charge in [0.1, 0.15) is 5.82 Å². The molecule has 0 radical (unpaired) electrons. The van der Waals surface area contributed by atoms with E-state index in [0.717, 1.165) is 30.6 Å². The molecule has 4 heteroatoms. The van der Waals surface area contributed by atoms with Crippen molar-refractivity contribution in [1.29, 1.82) is 0 Å². The molecule has 1 heterocycles. The SMILES string of the molecule is CCNc1c(COCC2CCCCC2)c(C)nn1C. The van der Waals surface area contributed by atoms with Gasteiger partial charge < -0.3 is 10.1 Å². The third-order valence-electron chi connectivity index (χ3n) is 4.02. The molecule has 1 aromatic rings. The molecule has 0 aliphatic heterocycles. The van der Waals surface area contributed by atoms with Crippen molar-refractivity contribution >= 4 is 5.82 Å². The third kappa shape index (κ3) is 3.72. The molecule has 0 unspecified atom stereocenters. The van der Waals surface area contributed by atoms with E-state index in [4.69, 9.17) is 4.74 Å². The van der Waals surface area contributed by atoms with Crippen LogP contribution in [0.1, 0.15) is 50.3 Å². The quantitative estimate of drug-likeness (QED) is 0.858. The van der Waals surface area contributed by atoms with Gasteiger partial charge in [0.2, 0.25) is 0 Å². The van der Waals surface area contributed by atoms with Crippen LogP contribution in [0.15, 0.2) is 0 Å². The second-order valence-electron chi connectivity index (χ2n) is 5.59. The van der Waals surface area contributed by atoms with Crippen LogP contribution in [0.4, 0.5) is 5.82 Å². The standard InChI is InChI=1S/C15H27N3O/c1-4-16-15-14(12(2)17-18(15)3)11-19-10-13-8-6-5-7-9-13/h13,16H,4-11H2,1-3H3. The van der Waals surface area contributed by atoms with E-state index in [0.29, 0.717) is 6.61 Å². The highest BCUT2D eigenvalue weighted by molar-refractivity contribution is 5.47. The van der Waals surface area contributed by atoms with Crippen molar-refractivity contribution < 1.29 is 4.74 Å².